The van der Waals surface area contributed by atoms with Crippen molar-refractivity contribution in [3.05, 3.63) is 84.4 Å². The number of ether oxygens (including phenoxy) is 2. The molecule has 0 spiro atoms. The summed E-state index contributed by atoms with van der Waals surface area (Å²) in [5, 5.41) is 43.4. The van der Waals surface area contributed by atoms with E-state index in [1.165, 1.54) is 35.8 Å². The Labute approximate surface area is 206 Å². The SMILES string of the molecule is COc1ccc2c(c1)C(c1nnc(OC)s1)=C(Nc1ccccc1[N+](=O)[O-])C2c1nnc(CO)s1. The van der Waals surface area contributed by atoms with Gasteiger partial charge in [-0.25, -0.2) is 0 Å². The maximum absolute atomic E-state index is 11.7. The average molecular weight is 511 g/mol. The molecule has 2 heterocycles. The van der Waals surface area contributed by atoms with Gasteiger partial charge in [0.1, 0.15) is 21.5 Å². The second-order valence-corrected chi connectivity index (χ2v) is 9.38. The van der Waals surface area contributed by atoms with E-state index in [1.807, 2.05) is 18.2 Å². The smallest absolute Gasteiger partial charge is 0.294 e. The molecule has 4 aromatic rings. The van der Waals surface area contributed by atoms with E-state index in [0.717, 1.165) is 11.1 Å². The van der Waals surface area contributed by atoms with E-state index in [1.54, 1.807) is 25.3 Å². The molecule has 1 unspecified atom stereocenters. The molecule has 35 heavy (non-hydrogen) atoms. The molecule has 0 amide bonds. The number of aromatic nitrogens is 4. The number of hydrogen-bond acceptors (Lipinski definition) is 12. The van der Waals surface area contributed by atoms with Crippen LogP contribution in [-0.4, -0.2) is 44.6 Å². The summed E-state index contributed by atoms with van der Waals surface area (Å²) in [5.41, 5.74) is 3.27. The first-order valence-electron chi connectivity index (χ1n) is 10.3. The van der Waals surface area contributed by atoms with E-state index < -0.39 is 10.8 Å². The number of nitro benzene ring substituents is 1. The molecule has 2 aromatic heterocycles. The summed E-state index contributed by atoms with van der Waals surface area (Å²) in [7, 11) is 3.09. The Morgan fingerprint density at radius 3 is 2.60 bits per heavy atom. The van der Waals surface area contributed by atoms with Crippen molar-refractivity contribution >= 4 is 39.6 Å². The van der Waals surface area contributed by atoms with Crippen molar-refractivity contribution in [3.63, 3.8) is 0 Å². The molecular formula is C22H18N6O5S2. The first-order valence-corrected chi connectivity index (χ1v) is 11.9. The lowest BCUT2D eigenvalue weighted by atomic mass is 9.99. The summed E-state index contributed by atoms with van der Waals surface area (Å²) in [6.45, 7) is -0.239. The number of rotatable bonds is 8. The quantitative estimate of drug-likeness (QED) is 0.265. The summed E-state index contributed by atoms with van der Waals surface area (Å²) >= 11 is 2.52. The molecule has 0 fully saturated rings. The van der Waals surface area contributed by atoms with Gasteiger partial charge >= 0.3 is 0 Å². The van der Waals surface area contributed by atoms with Gasteiger partial charge in [0.2, 0.25) is 0 Å². The minimum atomic E-state index is -0.446. The zero-order chi connectivity index (χ0) is 24.5. The normalized spacial score (nSPS) is 14.7. The maximum atomic E-state index is 11.7. The highest BCUT2D eigenvalue weighted by atomic mass is 32.1. The second kappa shape index (κ2) is 9.37. The number of para-hydroxylation sites is 2. The summed E-state index contributed by atoms with van der Waals surface area (Å²) in [5.74, 6) is 0.190. The molecule has 0 radical (unpaired) electrons. The summed E-state index contributed by atoms with van der Waals surface area (Å²) in [4.78, 5) is 11.3. The molecule has 1 aliphatic rings. The van der Waals surface area contributed by atoms with Crippen LogP contribution in [0.3, 0.4) is 0 Å². The molecule has 1 atom stereocenters. The first-order chi connectivity index (χ1) is 17.0. The molecule has 1 aliphatic carbocycles. The van der Waals surface area contributed by atoms with Crippen LogP contribution < -0.4 is 14.8 Å². The summed E-state index contributed by atoms with van der Waals surface area (Å²) in [6, 6.07) is 12.1. The van der Waals surface area contributed by atoms with Crippen LogP contribution in [0.25, 0.3) is 5.57 Å². The van der Waals surface area contributed by atoms with E-state index in [-0.39, 0.29) is 12.3 Å². The number of anilines is 1. The van der Waals surface area contributed by atoms with Gasteiger partial charge in [0, 0.05) is 17.3 Å². The fourth-order valence-electron chi connectivity index (χ4n) is 3.92. The van der Waals surface area contributed by atoms with E-state index in [0.29, 0.717) is 42.9 Å². The topological polar surface area (TPSA) is 145 Å². The van der Waals surface area contributed by atoms with Gasteiger partial charge in [-0.05, 0) is 29.3 Å². The van der Waals surface area contributed by atoms with Gasteiger partial charge in [0.25, 0.3) is 10.9 Å². The van der Waals surface area contributed by atoms with E-state index in [4.69, 9.17) is 9.47 Å². The molecule has 0 bridgehead atoms. The fraction of sp³-hybridized carbons (Fsp3) is 0.182. The third-order valence-corrected chi connectivity index (χ3v) is 7.30. The fourth-order valence-corrected chi connectivity index (χ4v) is 5.49. The number of nitro groups is 1. The molecule has 0 aliphatic heterocycles. The van der Waals surface area contributed by atoms with Gasteiger partial charge in [-0.2, -0.15) is 0 Å². The Hall–Kier alpha value is -3.94. The Balaban J connectivity index is 1.77. The van der Waals surface area contributed by atoms with Gasteiger partial charge < -0.3 is 19.9 Å². The number of benzene rings is 2. The van der Waals surface area contributed by atoms with Gasteiger partial charge in [-0.15, -0.1) is 15.3 Å². The second-order valence-electron chi connectivity index (χ2n) is 7.34. The van der Waals surface area contributed by atoms with Crippen molar-refractivity contribution in [1.82, 2.24) is 20.4 Å². The highest BCUT2D eigenvalue weighted by Gasteiger charge is 2.38. The van der Waals surface area contributed by atoms with Crippen molar-refractivity contribution in [2.45, 2.75) is 12.5 Å². The van der Waals surface area contributed by atoms with Crippen molar-refractivity contribution < 1.29 is 19.5 Å². The molecule has 0 saturated heterocycles. The largest absolute Gasteiger partial charge is 0.497 e. The number of fused-ring (bicyclic) bond motifs is 1. The molecule has 178 valence electrons. The molecule has 11 nitrogen and oxygen atoms in total. The van der Waals surface area contributed by atoms with E-state index >= 15 is 0 Å². The molecule has 2 aromatic carbocycles. The number of methoxy groups -OCH3 is 2. The highest BCUT2D eigenvalue weighted by molar-refractivity contribution is 7.14. The number of hydrogen-bond donors (Lipinski definition) is 2. The van der Waals surface area contributed by atoms with Crippen LogP contribution in [0.1, 0.15) is 32.1 Å². The predicted molar refractivity (Wildman–Crippen MR) is 130 cm³/mol. The van der Waals surface area contributed by atoms with Crippen LogP contribution in [0.4, 0.5) is 11.4 Å². The molecular weight excluding hydrogens is 492 g/mol. The average Bonchev–Trinajstić information content (AvgIpc) is 3.60. The van der Waals surface area contributed by atoms with Crippen molar-refractivity contribution in [1.29, 1.82) is 0 Å². The highest BCUT2D eigenvalue weighted by Crippen LogP contribution is 2.51. The van der Waals surface area contributed by atoms with Crippen LogP contribution in [0.15, 0.2) is 48.2 Å². The first kappa shape index (κ1) is 22.8. The molecule has 13 heteroatoms. The summed E-state index contributed by atoms with van der Waals surface area (Å²) in [6.07, 6.45) is 0. The van der Waals surface area contributed by atoms with Crippen molar-refractivity contribution in [2.24, 2.45) is 0 Å². The number of aliphatic hydroxyl groups is 1. The third-order valence-electron chi connectivity index (χ3n) is 5.43. The molecule has 5 rings (SSSR count). The van der Waals surface area contributed by atoms with Crippen molar-refractivity contribution in [3.8, 4) is 10.9 Å². The number of allylic oxidation sites excluding steroid dienone is 1. The third kappa shape index (κ3) is 4.09. The van der Waals surface area contributed by atoms with E-state index in [2.05, 4.69) is 25.7 Å². The van der Waals surface area contributed by atoms with E-state index in [9.17, 15) is 15.2 Å². The number of nitrogens with one attached hydrogen (secondary N) is 1. The molecule has 0 saturated carbocycles. The van der Waals surface area contributed by atoms with Gasteiger partial charge in [0.05, 0.1) is 31.7 Å². The van der Waals surface area contributed by atoms with Crippen LogP contribution in [-0.2, 0) is 6.61 Å². The zero-order valence-electron chi connectivity index (χ0n) is 18.5. The number of nitrogens with zero attached hydrogens (tertiary/aromatic N) is 5. The Morgan fingerprint density at radius 1 is 1.09 bits per heavy atom. The minimum absolute atomic E-state index is 0.0743. The maximum Gasteiger partial charge on any atom is 0.294 e. The van der Waals surface area contributed by atoms with Gasteiger partial charge in [-0.3, -0.25) is 10.1 Å². The van der Waals surface area contributed by atoms with Gasteiger partial charge in [0.15, 0.2) is 5.01 Å². The Kier molecular flexibility index (Phi) is 6.11. The van der Waals surface area contributed by atoms with Crippen molar-refractivity contribution in [2.75, 3.05) is 19.5 Å². The van der Waals surface area contributed by atoms with Crippen LogP contribution in [0.2, 0.25) is 0 Å². The predicted octanol–water partition coefficient (Wildman–Crippen LogP) is 3.82. The monoisotopic (exact) mass is 510 g/mol. The Bertz CT molecular complexity index is 1450. The lowest BCUT2D eigenvalue weighted by molar-refractivity contribution is -0.383. The number of aliphatic hydroxyl groups excluding tert-OH is 1. The van der Waals surface area contributed by atoms with Gasteiger partial charge in [-0.1, -0.05) is 46.0 Å². The lowest BCUT2D eigenvalue weighted by Crippen LogP contribution is -2.11. The molecule has 2 N–H and O–H groups in total. The zero-order valence-corrected chi connectivity index (χ0v) is 20.1. The standard InChI is InChI=1S/C22H18N6O5S2/c1-32-11-7-8-12-13(9-11)18(21-26-27-22(33-2)35-21)19(17(12)20-25-24-16(10-29)34-20)23-14-5-3-4-6-15(14)28(30)31/h3-9,17,23,29H,10H2,1-2H3. The van der Waals surface area contributed by atoms with Crippen LogP contribution >= 0.6 is 22.7 Å². The Morgan fingerprint density at radius 2 is 1.91 bits per heavy atom. The minimum Gasteiger partial charge on any atom is -0.497 e. The summed E-state index contributed by atoms with van der Waals surface area (Å²) < 4.78 is 10.7. The van der Waals surface area contributed by atoms with Crippen LogP contribution in [0, 0.1) is 10.1 Å². The van der Waals surface area contributed by atoms with Crippen LogP contribution in [0.5, 0.6) is 10.9 Å². The lowest BCUT2D eigenvalue weighted by Gasteiger charge is -2.16.